The highest BCUT2D eigenvalue weighted by atomic mass is 35.5. The van der Waals surface area contributed by atoms with E-state index in [0.29, 0.717) is 0 Å². The predicted molar refractivity (Wildman–Crippen MR) is 77.7 cm³/mol. The number of rotatable bonds is 3. The molecule has 0 radical (unpaired) electrons. The molecule has 1 fully saturated rings. The Bertz CT molecular complexity index is 661. The topological polar surface area (TPSA) is 34.9 Å². The summed E-state index contributed by atoms with van der Waals surface area (Å²) >= 11 is 5.98. The summed E-state index contributed by atoms with van der Waals surface area (Å²) in [5, 5.41) is 0.0687. The van der Waals surface area contributed by atoms with E-state index >= 15 is 0 Å². The van der Waals surface area contributed by atoms with E-state index < -0.39 is 0 Å². The zero-order chi connectivity index (χ0) is 13.4. The van der Waals surface area contributed by atoms with Crippen molar-refractivity contribution in [3.05, 3.63) is 39.8 Å². The number of hydrogen-bond donors (Lipinski definition) is 0. The molecule has 0 spiro atoms. The van der Waals surface area contributed by atoms with Crippen molar-refractivity contribution >= 4 is 22.6 Å². The molecule has 1 aliphatic rings. The van der Waals surface area contributed by atoms with E-state index in [1.165, 1.54) is 19.3 Å². The zero-order valence-electron chi connectivity index (χ0n) is 11.0. The fraction of sp³-hybridized carbons (Fsp3) is 0.467. The van der Waals surface area contributed by atoms with Crippen molar-refractivity contribution in [3.63, 3.8) is 0 Å². The van der Waals surface area contributed by atoms with Crippen LogP contribution in [0.2, 0.25) is 5.15 Å². The quantitative estimate of drug-likeness (QED) is 0.855. The van der Waals surface area contributed by atoms with Crippen LogP contribution in [0.3, 0.4) is 0 Å². The first-order valence-electron chi connectivity index (χ1n) is 6.83. The van der Waals surface area contributed by atoms with Gasteiger partial charge in [0.1, 0.15) is 0 Å². The highest BCUT2D eigenvalue weighted by molar-refractivity contribution is 6.29. The molecule has 2 aromatic rings. The lowest BCUT2D eigenvalue weighted by molar-refractivity contribution is 0.257. The van der Waals surface area contributed by atoms with Gasteiger partial charge in [0.2, 0.25) is 0 Å². The van der Waals surface area contributed by atoms with Gasteiger partial charge in [-0.25, -0.2) is 4.98 Å². The van der Waals surface area contributed by atoms with Crippen LogP contribution in [-0.2, 0) is 0 Å². The maximum Gasteiger partial charge on any atom is 0.288 e. The number of para-hydroxylation sites is 2. The van der Waals surface area contributed by atoms with Crippen LogP contribution in [0.5, 0.6) is 0 Å². The van der Waals surface area contributed by atoms with Gasteiger partial charge in [-0.2, -0.15) is 0 Å². The average Bonchev–Trinajstić information content (AvgIpc) is 2.35. The number of nitrogens with zero attached hydrogens (tertiary/aromatic N) is 2. The van der Waals surface area contributed by atoms with Crippen molar-refractivity contribution in [2.45, 2.75) is 38.6 Å². The first-order valence-corrected chi connectivity index (χ1v) is 7.21. The summed E-state index contributed by atoms with van der Waals surface area (Å²) in [4.78, 5) is 16.4. The summed E-state index contributed by atoms with van der Waals surface area (Å²) in [7, 11) is 0. The van der Waals surface area contributed by atoms with Gasteiger partial charge in [0.05, 0.1) is 11.0 Å². The molecule has 100 valence electrons. The Morgan fingerprint density at radius 2 is 2.16 bits per heavy atom. The van der Waals surface area contributed by atoms with E-state index in [-0.39, 0.29) is 16.8 Å². The molecule has 1 aromatic heterocycles. The summed E-state index contributed by atoms with van der Waals surface area (Å²) in [5.74, 6) is 0.757. The largest absolute Gasteiger partial charge is 0.301 e. The van der Waals surface area contributed by atoms with Crippen LogP contribution in [0.25, 0.3) is 11.0 Å². The standard InChI is InChI=1S/C15H17ClN2O/c1-10(9-11-5-4-6-11)18-13-8-3-2-7-12(13)17-14(16)15(18)19/h2-3,7-8,10-11H,4-6,9H2,1H3/t10-/m0/s1. The molecule has 0 unspecified atom stereocenters. The second-order valence-electron chi connectivity index (χ2n) is 5.45. The lowest BCUT2D eigenvalue weighted by Crippen LogP contribution is -2.27. The summed E-state index contributed by atoms with van der Waals surface area (Å²) in [5.41, 5.74) is 1.49. The Kier molecular flexibility index (Phi) is 3.31. The molecule has 0 saturated heterocycles. The van der Waals surface area contributed by atoms with Crippen LogP contribution < -0.4 is 5.56 Å². The molecule has 1 atom stereocenters. The molecule has 0 amide bonds. The van der Waals surface area contributed by atoms with Crippen molar-refractivity contribution in [1.82, 2.24) is 9.55 Å². The summed E-state index contributed by atoms with van der Waals surface area (Å²) in [6.45, 7) is 2.10. The summed E-state index contributed by atoms with van der Waals surface area (Å²) in [6, 6.07) is 7.86. The number of aromatic nitrogens is 2. The van der Waals surface area contributed by atoms with Gasteiger partial charge in [0.15, 0.2) is 5.15 Å². The van der Waals surface area contributed by atoms with Crippen molar-refractivity contribution in [1.29, 1.82) is 0 Å². The van der Waals surface area contributed by atoms with Crippen molar-refractivity contribution in [3.8, 4) is 0 Å². The second-order valence-corrected chi connectivity index (χ2v) is 5.81. The van der Waals surface area contributed by atoms with Crippen LogP contribution in [0.1, 0.15) is 38.6 Å². The lowest BCUT2D eigenvalue weighted by atomic mass is 9.81. The summed E-state index contributed by atoms with van der Waals surface area (Å²) in [6.07, 6.45) is 4.94. The molecule has 3 rings (SSSR count). The molecule has 0 N–H and O–H groups in total. The normalized spacial score (nSPS) is 17.4. The lowest BCUT2D eigenvalue weighted by Gasteiger charge is -2.29. The predicted octanol–water partition coefficient (Wildman–Crippen LogP) is 3.80. The van der Waals surface area contributed by atoms with E-state index in [1.54, 1.807) is 0 Å². The van der Waals surface area contributed by atoms with Crippen molar-refractivity contribution < 1.29 is 0 Å². The smallest absolute Gasteiger partial charge is 0.288 e. The second kappa shape index (κ2) is 4.97. The molecular weight excluding hydrogens is 260 g/mol. The number of benzene rings is 1. The van der Waals surface area contributed by atoms with Crippen LogP contribution in [0, 0.1) is 5.92 Å². The number of fused-ring (bicyclic) bond motifs is 1. The maximum atomic E-state index is 12.3. The van der Waals surface area contributed by atoms with Crippen LogP contribution in [-0.4, -0.2) is 9.55 Å². The monoisotopic (exact) mass is 276 g/mol. The first kappa shape index (κ1) is 12.7. The maximum absolute atomic E-state index is 12.3. The number of hydrogen-bond acceptors (Lipinski definition) is 2. The first-order chi connectivity index (χ1) is 9.16. The summed E-state index contributed by atoms with van der Waals surface area (Å²) < 4.78 is 1.81. The van der Waals surface area contributed by atoms with E-state index in [2.05, 4.69) is 11.9 Å². The molecular formula is C15H17ClN2O. The third-order valence-corrected chi connectivity index (χ3v) is 4.34. The fourth-order valence-corrected chi connectivity index (χ4v) is 3.06. The minimum atomic E-state index is -0.174. The zero-order valence-corrected chi connectivity index (χ0v) is 11.7. The molecule has 1 aromatic carbocycles. The molecule has 0 bridgehead atoms. The van der Waals surface area contributed by atoms with Crippen molar-refractivity contribution in [2.24, 2.45) is 5.92 Å². The molecule has 0 aliphatic heterocycles. The molecule has 1 aliphatic carbocycles. The third kappa shape index (κ3) is 2.27. The van der Waals surface area contributed by atoms with Crippen LogP contribution >= 0.6 is 11.6 Å². The third-order valence-electron chi connectivity index (χ3n) is 4.10. The van der Waals surface area contributed by atoms with Gasteiger partial charge in [0, 0.05) is 6.04 Å². The van der Waals surface area contributed by atoms with Gasteiger partial charge in [-0.1, -0.05) is 43.0 Å². The van der Waals surface area contributed by atoms with E-state index in [0.717, 1.165) is 23.4 Å². The average molecular weight is 277 g/mol. The van der Waals surface area contributed by atoms with E-state index in [9.17, 15) is 4.79 Å². The van der Waals surface area contributed by atoms with Gasteiger partial charge in [0.25, 0.3) is 5.56 Å². The van der Waals surface area contributed by atoms with Gasteiger partial charge < -0.3 is 4.57 Å². The van der Waals surface area contributed by atoms with Crippen molar-refractivity contribution in [2.75, 3.05) is 0 Å². The Morgan fingerprint density at radius 3 is 2.84 bits per heavy atom. The van der Waals surface area contributed by atoms with Gasteiger partial charge in [-0.05, 0) is 31.4 Å². The Morgan fingerprint density at radius 1 is 1.42 bits per heavy atom. The van der Waals surface area contributed by atoms with E-state index in [4.69, 9.17) is 11.6 Å². The molecule has 1 saturated carbocycles. The molecule has 3 nitrogen and oxygen atoms in total. The van der Waals surface area contributed by atoms with Gasteiger partial charge in [-0.15, -0.1) is 0 Å². The highest BCUT2D eigenvalue weighted by Crippen LogP contribution is 2.34. The molecule has 1 heterocycles. The highest BCUT2D eigenvalue weighted by Gasteiger charge is 2.22. The number of halogens is 1. The van der Waals surface area contributed by atoms with Gasteiger partial charge in [-0.3, -0.25) is 4.79 Å². The van der Waals surface area contributed by atoms with Crippen LogP contribution in [0.4, 0.5) is 0 Å². The Hall–Kier alpha value is -1.35. The molecule has 4 heteroatoms. The van der Waals surface area contributed by atoms with Gasteiger partial charge >= 0.3 is 0 Å². The minimum absolute atomic E-state index is 0.0687. The minimum Gasteiger partial charge on any atom is -0.301 e. The Labute approximate surface area is 117 Å². The Balaban J connectivity index is 2.09. The SMILES string of the molecule is C[C@@H](CC1CCC1)n1c(=O)c(Cl)nc2ccccc21. The molecule has 19 heavy (non-hydrogen) atoms. The fourth-order valence-electron chi connectivity index (χ4n) is 2.88. The van der Waals surface area contributed by atoms with E-state index in [1.807, 2.05) is 28.8 Å². The van der Waals surface area contributed by atoms with Crippen LogP contribution in [0.15, 0.2) is 29.1 Å².